The second-order valence-electron chi connectivity index (χ2n) is 18.4. The number of benzene rings is 3. The number of aliphatic imine (C=N–C) groups is 2. The van der Waals surface area contributed by atoms with Crippen LogP contribution in [0.3, 0.4) is 0 Å². The number of ketones is 2. The largest absolute Gasteiger partial charge is 0.848 e. The summed E-state index contributed by atoms with van der Waals surface area (Å²) in [6, 6.07) is 20.1. The van der Waals surface area contributed by atoms with Gasteiger partial charge in [-0.3, -0.25) is 19.6 Å². The van der Waals surface area contributed by atoms with E-state index >= 15 is 0 Å². The minimum atomic E-state index is -1.17. The van der Waals surface area contributed by atoms with Gasteiger partial charge in [-0.05, 0) is 110 Å². The van der Waals surface area contributed by atoms with E-state index in [-0.39, 0.29) is 22.7 Å². The minimum Gasteiger partial charge on any atom is -0.848 e. The number of hydrogen-bond donors (Lipinski definition) is 0. The van der Waals surface area contributed by atoms with E-state index < -0.39 is 34.9 Å². The molecule has 4 aliphatic rings. The van der Waals surface area contributed by atoms with Crippen molar-refractivity contribution in [1.82, 2.24) is 0 Å². The summed E-state index contributed by atoms with van der Waals surface area (Å²) in [5, 5.41) is 27.5. The van der Waals surface area contributed by atoms with Crippen LogP contribution in [0.2, 0.25) is 0 Å². The lowest BCUT2D eigenvalue weighted by atomic mass is 9.69. The molecule has 0 saturated heterocycles. The zero-order valence-electron chi connectivity index (χ0n) is 37.1. The molecule has 0 bridgehead atoms. The Kier molecular flexibility index (Phi) is 12.8. The smallest absolute Gasteiger partial charge is 0.164 e. The molecule has 2 saturated carbocycles. The molecule has 0 aromatic heterocycles. The van der Waals surface area contributed by atoms with Crippen molar-refractivity contribution in [1.29, 1.82) is 0 Å². The maximum Gasteiger partial charge on any atom is 0.164 e. The molecular weight excluding hydrogens is 745 g/mol. The van der Waals surface area contributed by atoms with E-state index in [0.29, 0.717) is 11.4 Å². The molecule has 2 aliphatic heterocycles. The first kappa shape index (κ1) is 43.4. The van der Waals surface area contributed by atoms with Crippen molar-refractivity contribution < 1.29 is 19.8 Å². The van der Waals surface area contributed by atoms with Crippen LogP contribution in [-0.2, 0) is 20.4 Å². The Hall–Kier alpha value is -4.66. The van der Waals surface area contributed by atoms with Crippen LogP contribution >= 0.6 is 0 Å². The van der Waals surface area contributed by atoms with Gasteiger partial charge in [-0.1, -0.05) is 110 Å². The fraction of sp³-hybridized carbons (Fsp3) is 0.500. The molecule has 3 aromatic rings. The van der Waals surface area contributed by atoms with Gasteiger partial charge in [0.05, 0.1) is 22.8 Å². The number of anilines is 2. The summed E-state index contributed by atoms with van der Waals surface area (Å²) in [5.74, 6) is -1.70. The van der Waals surface area contributed by atoms with E-state index in [4.69, 9.17) is 9.98 Å². The molecule has 4 atom stereocenters. The molecule has 7 rings (SSSR count). The molecule has 0 N–H and O–H groups in total. The molecule has 318 valence electrons. The van der Waals surface area contributed by atoms with Crippen molar-refractivity contribution in [3.63, 3.8) is 0 Å². The molecule has 8 nitrogen and oxygen atoms in total. The fourth-order valence-corrected chi connectivity index (χ4v) is 9.39. The van der Waals surface area contributed by atoms with E-state index in [1.54, 1.807) is 12.2 Å². The van der Waals surface area contributed by atoms with Gasteiger partial charge in [0, 0.05) is 65.8 Å². The van der Waals surface area contributed by atoms with Gasteiger partial charge in [-0.25, -0.2) is 0 Å². The Morgan fingerprint density at radius 1 is 0.567 bits per heavy atom. The topological polar surface area (TPSA) is 111 Å². The van der Waals surface area contributed by atoms with Gasteiger partial charge in [-0.2, -0.15) is 0 Å². The number of allylic oxidation sites excluding steroid dienone is 2. The first-order valence-electron chi connectivity index (χ1n) is 22.7. The highest BCUT2D eigenvalue weighted by Crippen LogP contribution is 2.54. The Morgan fingerprint density at radius 3 is 1.35 bits per heavy atom. The van der Waals surface area contributed by atoms with Crippen molar-refractivity contribution >= 4 is 45.7 Å². The first-order chi connectivity index (χ1) is 28.8. The van der Waals surface area contributed by atoms with Gasteiger partial charge in [0.2, 0.25) is 0 Å². The molecule has 8 heteroatoms. The number of rotatable bonds is 18. The predicted molar refractivity (Wildman–Crippen MR) is 243 cm³/mol. The Labute approximate surface area is 358 Å². The van der Waals surface area contributed by atoms with Gasteiger partial charge in [0.1, 0.15) is 0 Å². The third-order valence-corrected chi connectivity index (χ3v) is 13.5. The summed E-state index contributed by atoms with van der Waals surface area (Å²) >= 11 is 0. The van der Waals surface area contributed by atoms with Crippen LogP contribution in [0.25, 0.3) is 0 Å². The summed E-state index contributed by atoms with van der Waals surface area (Å²) in [6.07, 6.45) is 10.1. The van der Waals surface area contributed by atoms with Crippen molar-refractivity contribution in [2.75, 3.05) is 36.0 Å². The van der Waals surface area contributed by atoms with Gasteiger partial charge >= 0.3 is 0 Å². The van der Waals surface area contributed by atoms with Crippen LogP contribution in [0.4, 0.5) is 22.7 Å². The minimum absolute atomic E-state index is 0.138. The summed E-state index contributed by atoms with van der Waals surface area (Å²) < 4.78 is 0. The Morgan fingerprint density at radius 2 is 0.967 bits per heavy atom. The third kappa shape index (κ3) is 7.86. The summed E-state index contributed by atoms with van der Waals surface area (Å²) in [4.78, 5) is 42.3. The van der Waals surface area contributed by atoms with E-state index in [2.05, 4.69) is 89.5 Å². The van der Waals surface area contributed by atoms with Crippen LogP contribution < -0.4 is 20.0 Å². The van der Waals surface area contributed by atoms with Crippen LogP contribution in [0.5, 0.6) is 0 Å². The average molecular weight is 809 g/mol. The third-order valence-electron chi connectivity index (χ3n) is 13.5. The second kappa shape index (κ2) is 17.7. The highest BCUT2D eigenvalue weighted by atomic mass is 16.3. The number of hydrogen-bond acceptors (Lipinski definition) is 8. The zero-order valence-corrected chi connectivity index (χ0v) is 37.1. The molecule has 0 radical (unpaired) electrons. The fourth-order valence-electron chi connectivity index (χ4n) is 9.39. The highest BCUT2D eigenvalue weighted by Gasteiger charge is 2.46. The average Bonchev–Trinajstić information content (AvgIpc) is 3.66. The molecule has 4 unspecified atom stereocenters. The summed E-state index contributed by atoms with van der Waals surface area (Å²) in [7, 11) is 0. The maximum absolute atomic E-state index is 13.7. The standard InChI is InChI=1S/C52H64N4O4/c1-9-13-27-55(28-14-10-2)35-21-17-33(18-22-35)43-47(57)37(48(43)58)31-41-51(5,6)39-25-26-40-45(46(39)54-41)52(7,8)42(53-40)32-38-49(59)44(50(38)60)34-19-23-36(24-20-34)56(29-15-11-3)30-16-12-4/h17-26,31-32,43-44,47,49H,9-16,27-30H2,1-8H3/q-2/b37-31+,38-32+. The van der Waals surface area contributed by atoms with Crippen LogP contribution in [0.15, 0.2) is 93.9 Å². The molecule has 2 fully saturated rings. The Bertz CT molecular complexity index is 2190. The number of Topliss-reactive ketones (excluding diaryl/α,β-unsaturated/α-hetero) is 2. The second-order valence-corrected chi connectivity index (χ2v) is 18.4. The van der Waals surface area contributed by atoms with Gasteiger partial charge < -0.3 is 20.0 Å². The molecule has 0 amide bonds. The maximum atomic E-state index is 13.7. The quantitative estimate of drug-likeness (QED) is 0.119. The molecule has 0 spiro atoms. The van der Waals surface area contributed by atoms with Crippen molar-refractivity contribution in [2.24, 2.45) is 9.98 Å². The normalized spacial score (nSPS) is 23.6. The van der Waals surface area contributed by atoms with Crippen LogP contribution in [-0.4, -0.2) is 61.4 Å². The highest BCUT2D eigenvalue weighted by molar-refractivity contribution is 6.20. The van der Waals surface area contributed by atoms with E-state index in [9.17, 15) is 19.8 Å². The van der Waals surface area contributed by atoms with E-state index in [1.807, 2.05) is 36.4 Å². The van der Waals surface area contributed by atoms with Crippen molar-refractivity contribution in [3.8, 4) is 0 Å². The van der Waals surface area contributed by atoms with Crippen molar-refractivity contribution in [2.45, 2.75) is 142 Å². The zero-order chi connectivity index (χ0) is 42.9. The van der Waals surface area contributed by atoms with Crippen LogP contribution in [0.1, 0.15) is 141 Å². The van der Waals surface area contributed by atoms with Crippen molar-refractivity contribution in [3.05, 3.63) is 106 Å². The number of carbonyl (C=O) groups excluding carboxylic acids is 2. The van der Waals surface area contributed by atoms with Gasteiger partial charge in [-0.15, -0.1) is 0 Å². The predicted octanol–water partition coefficient (Wildman–Crippen LogP) is 9.27. The summed E-state index contributed by atoms with van der Waals surface area (Å²) in [5.41, 5.74) is 7.93. The lowest BCUT2D eigenvalue weighted by Crippen LogP contribution is -2.51. The number of unbranched alkanes of at least 4 members (excludes halogenated alkanes) is 4. The Balaban J connectivity index is 1.07. The first-order valence-corrected chi connectivity index (χ1v) is 22.7. The number of nitrogens with zero attached hydrogens (tertiary/aromatic N) is 4. The molecule has 2 heterocycles. The number of carbonyl (C=O) groups is 2. The molecule has 2 aliphatic carbocycles. The SMILES string of the molecule is CCCCN(CCCC)c1ccc(C2C(=O)/C(=C/C3=Nc4c(ccc5c4C(C)(C)C(/C=C4/C(=O)C(c6ccc(N(CCCC)CCCC)cc6)C4[O-])=N5)C3(C)C)C2[O-])cc1. The summed E-state index contributed by atoms with van der Waals surface area (Å²) in [6.45, 7) is 21.0. The molecule has 60 heavy (non-hydrogen) atoms. The van der Waals surface area contributed by atoms with E-state index in [1.165, 1.54) is 0 Å². The molecular formula is C52H64N4O4-2. The lowest BCUT2D eigenvalue weighted by molar-refractivity contribution is -0.416. The lowest BCUT2D eigenvalue weighted by Gasteiger charge is -2.44. The van der Waals surface area contributed by atoms with E-state index in [0.717, 1.165) is 123 Å². The monoisotopic (exact) mass is 808 g/mol. The van der Waals surface area contributed by atoms with Gasteiger partial charge in [0.25, 0.3) is 0 Å². The number of fused-ring (bicyclic) bond motifs is 3. The molecule has 3 aromatic carbocycles. The van der Waals surface area contributed by atoms with Gasteiger partial charge in [0.15, 0.2) is 11.6 Å². The van der Waals surface area contributed by atoms with Crippen LogP contribution in [0, 0.1) is 0 Å².